The number of halogens is 1. The van der Waals surface area contributed by atoms with Crippen LogP contribution in [-0.2, 0) is 26.3 Å². The van der Waals surface area contributed by atoms with Gasteiger partial charge in [-0.2, -0.15) is 0 Å². The van der Waals surface area contributed by atoms with Crippen LogP contribution in [0.5, 0.6) is 0 Å². The number of rotatable bonds is 3. The number of nitrogens with one attached hydrogen (secondary N) is 1. The summed E-state index contributed by atoms with van der Waals surface area (Å²) < 4.78 is 0. The van der Waals surface area contributed by atoms with Gasteiger partial charge in [0.05, 0.1) is 11.8 Å². The van der Waals surface area contributed by atoms with E-state index in [4.69, 9.17) is 11.6 Å². The summed E-state index contributed by atoms with van der Waals surface area (Å²) >= 11 is 6.31. The summed E-state index contributed by atoms with van der Waals surface area (Å²) in [4.78, 5) is 44.3. The molecule has 1 N–H and O–H groups in total. The van der Waals surface area contributed by atoms with Crippen molar-refractivity contribution in [3.8, 4) is 0 Å². The molecular formula is C24H22ClN3O3. The number of imide groups is 1. The standard InChI is InChI=1S/C24H22ClN3O3/c25-15-8-9-17-16(13-15)24(23(31)26-17)20-19(18-7-4-11-28(18)24)21(29)27(22(20)30)12-10-14-5-2-1-3-6-14/h1-3,5-6,8-9,13,18-20H,4,7,10-12H2,(H,26,31)/t18?,19-,20+,24?/m1/s1. The number of benzene rings is 2. The molecule has 4 atom stereocenters. The Bertz CT molecular complexity index is 1120. The van der Waals surface area contributed by atoms with Gasteiger partial charge in [0, 0.05) is 28.9 Å². The summed E-state index contributed by atoms with van der Waals surface area (Å²) in [6.45, 7) is 1.03. The van der Waals surface area contributed by atoms with E-state index in [9.17, 15) is 14.4 Å². The molecule has 0 saturated carbocycles. The minimum atomic E-state index is -1.15. The molecule has 1 spiro atoms. The molecule has 0 aliphatic carbocycles. The van der Waals surface area contributed by atoms with Gasteiger partial charge in [0.2, 0.25) is 17.7 Å². The molecule has 4 heterocycles. The Hall–Kier alpha value is -2.70. The fourth-order valence-corrected chi connectivity index (χ4v) is 6.51. The largest absolute Gasteiger partial charge is 0.324 e. The average molecular weight is 436 g/mol. The number of hydrogen-bond donors (Lipinski definition) is 1. The molecule has 3 fully saturated rings. The monoisotopic (exact) mass is 435 g/mol. The van der Waals surface area contributed by atoms with E-state index in [-0.39, 0.29) is 23.8 Å². The van der Waals surface area contributed by atoms with E-state index in [1.54, 1.807) is 18.2 Å². The SMILES string of the molecule is O=C1[C@@H]2C3CCCN3C3(C(=O)Nc4ccc(Cl)cc43)[C@@H]2C(=O)N1CCc1ccccc1. The summed E-state index contributed by atoms with van der Waals surface area (Å²) in [5, 5.41) is 3.49. The highest BCUT2D eigenvalue weighted by atomic mass is 35.5. The average Bonchev–Trinajstić information content (AvgIpc) is 3.47. The lowest BCUT2D eigenvalue weighted by molar-refractivity contribution is -0.145. The lowest BCUT2D eigenvalue weighted by Gasteiger charge is -2.36. The smallest absolute Gasteiger partial charge is 0.250 e. The fourth-order valence-electron chi connectivity index (χ4n) is 6.34. The number of anilines is 1. The molecule has 2 aromatic carbocycles. The molecule has 4 aliphatic heterocycles. The molecule has 4 aliphatic rings. The van der Waals surface area contributed by atoms with Gasteiger partial charge < -0.3 is 5.32 Å². The third-order valence-electron chi connectivity index (χ3n) is 7.51. The second-order valence-corrected chi connectivity index (χ2v) is 9.32. The van der Waals surface area contributed by atoms with E-state index < -0.39 is 17.4 Å². The Morgan fingerprint density at radius 3 is 2.68 bits per heavy atom. The summed E-state index contributed by atoms with van der Waals surface area (Å²) in [7, 11) is 0. The molecule has 0 aromatic heterocycles. The third-order valence-corrected chi connectivity index (χ3v) is 7.75. The zero-order valence-corrected chi connectivity index (χ0v) is 17.6. The van der Waals surface area contributed by atoms with E-state index in [0.717, 1.165) is 24.0 Å². The van der Waals surface area contributed by atoms with Crippen molar-refractivity contribution in [3.63, 3.8) is 0 Å². The van der Waals surface area contributed by atoms with Gasteiger partial charge in [0.25, 0.3) is 0 Å². The Morgan fingerprint density at radius 2 is 1.87 bits per heavy atom. The second kappa shape index (κ2) is 6.65. The highest BCUT2D eigenvalue weighted by molar-refractivity contribution is 6.31. The Morgan fingerprint density at radius 1 is 1.06 bits per heavy atom. The van der Waals surface area contributed by atoms with Crippen LogP contribution in [0.4, 0.5) is 5.69 Å². The molecule has 0 bridgehead atoms. The normalized spacial score (nSPS) is 31.3. The van der Waals surface area contributed by atoms with E-state index in [2.05, 4.69) is 10.2 Å². The zero-order chi connectivity index (χ0) is 21.3. The summed E-state index contributed by atoms with van der Waals surface area (Å²) in [5.41, 5.74) is 1.34. The molecule has 7 heteroatoms. The number of fused-ring (bicyclic) bond motifs is 7. The molecular weight excluding hydrogens is 414 g/mol. The van der Waals surface area contributed by atoms with Gasteiger partial charge in [-0.15, -0.1) is 0 Å². The van der Waals surface area contributed by atoms with Crippen molar-refractivity contribution in [2.24, 2.45) is 11.8 Å². The predicted octanol–water partition coefficient (Wildman–Crippen LogP) is 2.81. The van der Waals surface area contributed by atoms with Gasteiger partial charge >= 0.3 is 0 Å². The van der Waals surface area contributed by atoms with Gasteiger partial charge in [-0.1, -0.05) is 41.9 Å². The zero-order valence-electron chi connectivity index (χ0n) is 16.9. The molecule has 2 unspecified atom stereocenters. The van der Waals surface area contributed by atoms with Crippen LogP contribution in [0.3, 0.4) is 0 Å². The maximum Gasteiger partial charge on any atom is 0.250 e. The number of amides is 3. The molecule has 6 nitrogen and oxygen atoms in total. The van der Waals surface area contributed by atoms with Crippen LogP contribution in [0, 0.1) is 11.8 Å². The highest BCUT2D eigenvalue weighted by Gasteiger charge is 2.74. The van der Waals surface area contributed by atoms with Crippen molar-refractivity contribution in [2.45, 2.75) is 30.8 Å². The fraction of sp³-hybridized carbons (Fsp3) is 0.375. The molecule has 2 aromatic rings. The lowest BCUT2D eigenvalue weighted by Crippen LogP contribution is -2.54. The van der Waals surface area contributed by atoms with Crippen LogP contribution < -0.4 is 5.32 Å². The molecule has 6 rings (SSSR count). The lowest BCUT2D eigenvalue weighted by atomic mass is 9.75. The van der Waals surface area contributed by atoms with Crippen molar-refractivity contribution in [1.82, 2.24) is 9.80 Å². The van der Waals surface area contributed by atoms with Crippen LogP contribution in [0.2, 0.25) is 5.02 Å². The van der Waals surface area contributed by atoms with Crippen LogP contribution in [0.15, 0.2) is 48.5 Å². The highest BCUT2D eigenvalue weighted by Crippen LogP contribution is 2.60. The molecule has 3 saturated heterocycles. The quantitative estimate of drug-likeness (QED) is 0.753. The molecule has 0 radical (unpaired) electrons. The van der Waals surface area contributed by atoms with E-state index in [1.807, 2.05) is 30.3 Å². The van der Waals surface area contributed by atoms with Crippen molar-refractivity contribution in [1.29, 1.82) is 0 Å². The summed E-state index contributed by atoms with van der Waals surface area (Å²) in [6, 6.07) is 15.1. The Labute approximate surface area is 185 Å². The minimum absolute atomic E-state index is 0.0983. The van der Waals surface area contributed by atoms with Gasteiger partial charge in [0.1, 0.15) is 5.54 Å². The molecule has 3 amide bonds. The predicted molar refractivity (Wildman–Crippen MR) is 115 cm³/mol. The van der Waals surface area contributed by atoms with Gasteiger partial charge in [-0.25, -0.2) is 0 Å². The third kappa shape index (κ3) is 2.40. The Balaban J connectivity index is 1.43. The van der Waals surface area contributed by atoms with Crippen LogP contribution >= 0.6 is 11.6 Å². The summed E-state index contributed by atoms with van der Waals surface area (Å²) in [5.74, 6) is -1.77. The van der Waals surface area contributed by atoms with E-state index >= 15 is 0 Å². The number of carbonyl (C=O) groups is 3. The van der Waals surface area contributed by atoms with E-state index in [0.29, 0.717) is 30.2 Å². The topological polar surface area (TPSA) is 69.7 Å². The first-order valence-corrected chi connectivity index (χ1v) is 11.2. The van der Waals surface area contributed by atoms with Crippen molar-refractivity contribution in [3.05, 3.63) is 64.7 Å². The first kappa shape index (κ1) is 19.0. The second-order valence-electron chi connectivity index (χ2n) is 8.88. The van der Waals surface area contributed by atoms with Crippen LogP contribution in [-0.4, -0.2) is 46.7 Å². The van der Waals surface area contributed by atoms with Gasteiger partial charge in [0.15, 0.2) is 0 Å². The maximum absolute atomic E-state index is 13.7. The van der Waals surface area contributed by atoms with Gasteiger partial charge in [-0.05, 0) is 49.6 Å². The van der Waals surface area contributed by atoms with Crippen molar-refractivity contribution in [2.75, 3.05) is 18.4 Å². The number of hydrogen-bond acceptors (Lipinski definition) is 4. The summed E-state index contributed by atoms with van der Waals surface area (Å²) in [6.07, 6.45) is 2.33. The number of likely N-dealkylation sites (tertiary alicyclic amines) is 1. The number of carbonyl (C=O) groups excluding carboxylic acids is 3. The van der Waals surface area contributed by atoms with Crippen molar-refractivity contribution < 1.29 is 14.4 Å². The van der Waals surface area contributed by atoms with Gasteiger partial charge in [-0.3, -0.25) is 24.2 Å². The van der Waals surface area contributed by atoms with Crippen molar-refractivity contribution >= 4 is 35.0 Å². The first-order valence-electron chi connectivity index (χ1n) is 10.8. The van der Waals surface area contributed by atoms with E-state index in [1.165, 1.54) is 4.90 Å². The van der Waals surface area contributed by atoms with Crippen LogP contribution in [0.25, 0.3) is 0 Å². The minimum Gasteiger partial charge on any atom is -0.324 e. The molecule has 31 heavy (non-hydrogen) atoms. The van der Waals surface area contributed by atoms with Crippen LogP contribution in [0.1, 0.15) is 24.0 Å². The molecule has 158 valence electrons. The number of nitrogens with zero attached hydrogens (tertiary/aromatic N) is 2. The maximum atomic E-state index is 13.7. The first-order chi connectivity index (χ1) is 15.0. The Kier molecular flexibility index (Phi) is 4.08.